The van der Waals surface area contributed by atoms with Crippen LogP contribution in [-0.2, 0) is 0 Å². The van der Waals surface area contributed by atoms with Gasteiger partial charge in [0.25, 0.3) is 0 Å². The molecule has 1 aromatic carbocycles. The van der Waals surface area contributed by atoms with Gasteiger partial charge in [0.2, 0.25) is 0 Å². The van der Waals surface area contributed by atoms with Crippen LogP contribution >= 0.6 is 0 Å². The maximum atomic E-state index is 5.65. The van der Waals surface area contributed by atoms with Gasteiger partial charge in [0.1, 0.15) is 0 Å². The predicted molar refractivity (Wildman–Crippen MR) is 67.5 cm³/mol. The molecule has 0 unspecified atom stereocenters. The van der Waals surface area contributed by atoms with E-state index in [9.17, 15) is 0 Å². The summed E-state index contributed by atoms with van der Waals surface area (Å²) in [5.41, 5.74) is 6.93. The summed E-state index contributed by atoms with van der Waals surface area (Å²) in [6.45, 7) is 9.37. The maximum Gasteiger partial charge on any atom is 0.0826 e. The van der Waals surface area contributed by atoms with Gasteiger partial charge in [-0.3, -0.25) is 0 Å². The Morgan fingerprint density at radius 1 is 1.36 bits per heavy atom. The van der Waals surface area contributed by atoms with Crippen LogP contribution in [0.2, 0.25) is 19.1 Å². The highest BCUT2D eigenvalue weighted by atomic mass is 28.3. The maximum absolute atomic E-state index is 5.65. The van der Waals surface area contributed by atoms with Crippen LogP contribution in [0.15, 0.2) is 30.8 Å². The molecule has 0 spiro atoms. The first-order valence-corrected chi connectivity index (χ1v) is 8.24. The highest BCUT2D eigenvalue weighted by molar-refractivity contribution is 6.90. The topological polar surface area (TPSA) is 26.0 Å². The van der Waals surface area contributed by atoms with Gasteiger partial charge in [-0.2, -0.15) is 0 Å². The third kappa shape index (κ3) is 2.34. The van der Waals surface area contributed by atoms with Crippen molar-refractivity contribution in [3.8, 4) is 0 Å². The largest absolute Gasteiger partial charge is 0.331 e. The van der Waals surface area contributed by atoms with Gasteiger partial charge in [0, 0.05) is 0 Å². The molecule has 0 heterocycles. The molecule has 76 valence electrons. The molecule has 1 nitrogen and oxygen atoms in total. The number of hydrogen-bond donors (Lipinski definition) is 1. The second-order valence-electron chi connectivity index (χ2n) is 4.21. The second-order valence-corrected chi connectivity index (χ2v) is 9.02. The molecule has 0 fully saturated rings. The van der Waals surface area contributed by atoms with Crippen molar-refractivity contribution in [2.75, 3.05) is 6.54 Å². The summed E-state index contributed by atoms with van der Waals surface area (Å²) in [5.74, 6) is 0. The quantitative estimate of drug-likeness (QED) is 0.749. The molecule has 0 aliphatic carbocycles. The SMILES string of the molecule is C=Cc1ccccc1[Si](C)(C)CCN. The Hall–Kier alpha value is -0.863. The molecule has 0 saturated heterocycles. The molecule has 2 N–H and O–H groups in total. The Bertz CT molecular complexity index is 318. The lowest BCUT2D eigenvalue weighted by Gasteiger charge is -2.24. The molecule has 0 bridgehead atoms. The number of rotatable bonds is 4. The highest BCUT2D eigenvalue weighted by Gasteiger charge is 2.23. The molecular weight excluding hydrogens is 186 g/mol. The van der Waals surface area contributed by atoms with E-state index >= 15 is 0 Å². The molecular formula is C12H19NSi. The zero-order valence-electron chi connectivity index (χ0n) is 9.09. The lowest BCUT2D eigenvalue weighted by Crippen LogP contribution is -2.44. The smallest absolute Gasteiger partial charge is 0.0826 e. The van der Waals surface area contributed by atoms with E-state index in [-0.39, 0.29) is 0 Å². The number of hydrogen-bond acceptors (Lipinski definition) is 1. The van der Waals surface area contributed by atoms with Crippen molar-refractivity contribution in [2.24, 2.45) is 5.73 Å². The summed E-state index contributed by atoms with van der Waals surface area (Å²) in [7, 11) is -1.34. The second kappa shape index (κ2) is 4.58. The molecule has 0 aliphatic heterocycles. The van der Waals surface area contributed by atoms with Crippen LogP contribution in [0.1, 0.15) is 5.56 Å². The molecule has 0 aromatic heterocycles. The van der Waals surface area contributed by atoms with Gasteiger partial charge in [0.05, 0.1) is 8.07 Å². The zero-order chi connectivity index (χ0) is 10.6. The van der Waals surface area contributed by atoms with Crippen LogP contribution in [0.3, 0.4) is 0 Å². The summed E-state index contributed by atoms with van der Waals surface area (Å²) in [6, 6.07) is 9.66. The third-order valence-electron chi connectivity index (χ3n) is 2.68. The van der Waals surface area contributed by atoms with Crippen LogP contribution in [0.25, 0.3) is 6.08 Å². The zero-order valence-corrected chi connectivity index (χ0v) is 10.1. The Kier molecular flexibility index (Phi) is 3.67. The fourth-order valence-corrected chi connectivity index (χ4v) is 4.29. The first-order valence-electron chi connectivity index (χ1n) is 5.04. The first kappa shape index (κ1) is 11.2. The van der Waals surface area contributed by atoms with E-state index in [1.165, 1.54) is 10.8 Å². The molecule has 14 heavy (non-hydrogen) atoms. The summed E-state index contributed by atoms with van der Waals surface area (Å²) >= 11 is 0. The lowest BCUT2D eigenvalue weighted by atomic mass is 10.2. The fourth-order valence-electron chi connectivity index (χ4n) is 1.79. The van der Waals surface area contributed by atoms with Gasteiger partial charge >= 0.3 is 0 Å². The molecule has 0 aliphatic rings. The molecule has 0 atom stereocenters. The van der Waals surface area contributed by atoms with Gasteiger partial charge in [-0.05, 0) is 18.2 Å². The number of nitrogens with two attached hydrogens (primary N) is 1. The van der Waals surface area contributed by atoms with Crippen LogP contribution in [-0.4, -0.2) is 14.6 Å². The van der Waals surface area contributed by atoms with Gasteiger partial charge in [0.15, 0.2) is 0 Å². The average molecular weight is 205 g/mol. The number of benzene rings is 1. The Morgan fingerprint density at radius 3 is 2.57 bits per heavy atom. The van der Waals surface area contributed by atoms with Gasteiger partial charge < -0.3 is 5.73 Å². The van der Waals surface area contributed by atoms with E-state index in [1.807, 2.05) is 6.08 Å². The van der Waals surface area contributed by atoms with Crippen molar-refractivity contribution in [1.82, 2.24) is 0 Å². The molecule has 1 rings (SSSR count). The van der Waals surface area contributed by atoms with Crippen LogP contribution in [0, 0.1) is 0 Å². The Balaban J connectivity index is 3.10. The van der Waals surface area contributed by atoms with E-state index in [0.29, 0.717) is 0 Å². The van der Waals surface area contributed by atoms with Crippen LogP contribution in [0.4, 0.5) is 0 Å². The Morgan fingerprint density at radius 2 is 2.00 bits per heavy atom. The molecule has 0 radical (unpaired) electrons. The minimum Gasteiger partial charge on any atom is -0.331 e. The highest BCUT2D eigenvalue weighted by Crippen LogP contribution is 2.12. The van der Waals surface area contributed by atoms with Gasteiger partial charge in [-0.15, -0.1) is 0 Å². The van der Waals surface area contributed by atoms with Crippen molar-refractivity contribution in [3.63, 3.8) is 0 Å². The Labute approximate surface area is 87.7 Å². The summed E-state index contributed by atoms with van der Waals surface area (Å²) in [6.07, 6.45) is 1.95. The standard InChI is InChI=1S/C12H19NSi/c1-4-11-7-5-6-8-12(11)14(2,3)10-9-13/h4-8H,1,9-10,13H2,2-3H3. The summed E-state index contributed by atoms with van der Waals surface area (Å²) < 4.78 is 0. The molecule has 0 saturated carbocycles. The van der Waals surface area contributed by atoms with Crippen LogP contribution < -0.4 is 10.9 Å². The summed E-state index contributed by atoms with van der Waals surface area (Å²) in [5, 5.41) is 1.47. The monoisotopic (exact) mass is 205 g/mol. The van der Waals surface area contributed by atoms with Crippen LogP contribution in [0.5, 0.6) is 0 Å². The van der Waals surface area contributed by atoms with Crippen molar-refractivity contribution in [2.45, 2.75) is 19.1 Å². The van der Waals surface area contributed by atoms with Crippen molar-refractivity contribution in [1.29, 1.82) is 0 Å². The van der Waals surface area contributed by atoms with E-state index in [4.69, 9.17) is 5.73 Å². The summed E-state index contributed by atoms with van der Waals surface area (Å²) in [4.78, 5) is 0. The minimum absolute atomic E-state index is 0.782. The predicted octanol–water partition coefficient (Wildman–Crippen LogP) is 2.20. The van der Waals surface area contributed by atoms with Crippen molar-refractivity contribution >= 4 is 19.3 Å². The average Bonchev–Trinajstić information content (AvgIpc) is 2.18. The third-order valence-corrected chi connectivity index (χ3v) is 6.13. The van der Waals surface area contributed by atoms with E-state index < -0.39 is 8.07 Å². The van der Waals surface area contributed by atoms with Gasteiger partial charge in [-0.25, -0.2) is 0 Å². The first-order chi connectivity index (χ1) is 6.61. The van der Waals surface area contributed by atoms with E-state index in [2.05, 4.69) is 43.9 Å². The van der Waals surface area contributed by atoms with Crippen molar-refractivity contribution < 1.29 is 0 Å². The fraction of sp³-hybridized carbons (Fsp3) is 0.333. The van der Waals surface area contributed by atoms with Gasteiger partial charge in [-0.1, -0.05) is 55.2 Å². The van der Waals surface area contributed by atoms with Crippen molar-refractivity contribution in [3.05, 3.63) is 36.4 Å². The molecule has 2 heteroatoms. The van der Waals surface area contributed by atoms with E-state index in [1.54, 1.807) is 0 Å². The lowest BCUT2D eigenvalue weighted by molar-refractivity contribution is 1.10. The normalized spacial score (nSPS) is 11.4. The minimum atomic E-state index is -1.34. The van der Waals surface area contributed by atoms with E-state index in [0.717, 1.165) is 12.6 Å². The molecule has 0 amide bonds. The molecule has 1 aromatic rings.